The second kappa shape index (κ2) is 4.53. The van der Waals surface area contributed by atoms with Crippen LogP contribution >= 0.6 is 0 Å². The van der Waals surface area contributed by atoms with Crippen LogP contribution in [-0.4, -0.2) is 26.3 Å². The van der Waals surface area contributed by atoms with E-state index in [9.17, 15) is 4.39 Å². The Labute approximate surface area is 99.9 Å². The monoisotopic (exact) mass is 237 g/mol. The number of fused-ring (bicyclic) bond motifs is 1. The molecule has 0 aliphatic carbocycles. The Balaban J connectivity index is 2.03. The number of hydrogen-bond donors (Lipinski definition) is 1. The van der Waals surface area contributed by atoms with Gasteiger partial charge in [0.2, 0.25) is 0 Å². The molecule has 17 heavy (non-hydrogen) atoms. The van der Waals surface area contributed by atoms with Gasteiger partial charge in [-0.2, -0.15) is 0 Å². The molecule has 1 unspecified atom stereocenters. The zero-order chi connectivity index (χ0) is 11.7. The van der Waals surface area contributed by atoms with E-state index in [1.54, 1.807) is 0 Å². The van der Waals surface area contributed by atoms with E-state index in [4.69, 9.17) is 9.47 Å². The van der Waals surface area contributed by atoms with Crippen LogP contribution in [0.3, 0.4) is 0 Å². The van der Waals surface area contributed by atoms with E-state index in [-0.39, 0.29) is 5.82 Å². The first kappa shape index (κ1) is 10.8. The van der Waals surface area contributed by atoms with Crippen molar-refractivity contribution >= 4 is 0 Å². The molecule has 2 aliphatic heterocycles. The first-order chi connectivity index (χ1) is 8.36. The minimum atomic E-state index is -0.323. The molecular formula is C13H16FNO2. The first-order valence-corrected chi connectivity index (χ1v) is 6.15. The van der Waals surface area contributed by atoms with Gasteiger partial charge in [-0.05, 0) is 19.0 Å². The SMILES string of the molecule is Fc1ccc(C2CCNC2)c2c1OCCCO2. The predicted octanol–water partition coefficient (Wildman–Crippen LogP) is 2.06. The standard InChI is InChI=1S/C13H16FNO2/c14-11-3-2-10(9-4-5-15-8-9)12-13(11)17-7-1-6-16-12/h2-3,9,15H,1,4-8H2. The molecule has 1 aromatic rings. The summed E-state index contributed by atoms with van der Waals surface area (Å²) in [6.07, 6.45) is 1.87. The van der Waals surface area contributed by atoms with E-state index in [0.29, 0.717) is 30.6 Å². The van der Waals surface area contributed by atoms with Gasteiger partial charge in [-0.3, -0.25) is 0 Å². The lowest BCUT2D eigenvalue weighted by atomic mass is 9.97. The fourth-order valence-electron chi connectivity index (χ4n) is 2.49. The normalized spacial score (nSPS) is 23.5. The minimum absolute atomic E-state index is 0.298. The largest absolute Gasteiger partial charge is 0.489 e. The van der Waals surface area contributed by atoms with Gasteiger partial charge < -0.3 is 14.8 Å². The lowest BCUT2D eigenvalue weighted by molar-refractivity contribution is 0.291. The van der Waals surface area contributed by atoms with E-state index >= 15 is 0 Å². The first-order valence-electron chi connectivity index (χ1n) is 6.15. The molecule has 1 atom stereocenters. The molecule has 1 N–H and O–H groups in total. The Hall–Kier alpha value is -1.29. The Morgan fingerprint density at radius 2 is 2.00 bits per heavy atom. The van der Waals surface area contributed by atoms with Crippen LogP contribution in [0.25, 0.3) is 0 Å². The lowest BCUT2D eigenvalue weighted by Gasteiger charge is -2.16. The molecule has 0 spiro atoms. The highest BCUT2D eigenvalue weighted by Crippen LogP contribution is 2.40. The van der Waals surface area contributed by atoms with Crippen LogP contribution in [0.1, 0.15) is 24.3 Å². The van der Waals surface area contributed by atoms with Crippen molar-refractivity contribution in [3.8, 4) is 11.5 Å². The van der Waals surface area contributed by atoms with Gasteiger partial charge in [0.1, 0.15) is 0 Å². The molecule has 1 fully saturated rings. The summed E-state index contributed by atoms with van der Waals surface area (Å²) < 4.78 is 24.8. The van der Waals surface area contributed by atoms with Gasteiger partial charge in [0, 0.05) is 24.4 Å². The molecule has 0 radical (unpaired) electrons. The van der Waals surface area contributed by atoms with Gasteiger partial charge in [0.05, 0.1) is 13.2 Å². The third kappa shape index (κ3) is 1.97. The van der Waals surface area contributed by atoms with E-state index in [0.717, 1.165) is 31.5 Å². The van der Waals surface area contributed by atoms with Crippen LogP contribution in [0.15, 0.2) is 12.1 Å². The fraction of sp³-hybridized carbons (Fsp3) is 0.538. The van der Waals surface area contributed by atoms with E-state index in [2.05, 4.69) is 5.32 Å². The lowest BCUT2D eigenvalue weighted by Crippen LogP contribution is -2.09. The molecule has 0 aromatic heterocycles. The topological polar surface area (TPSA) is 30.5 Å². The number of rotatable bonds is 1. The molecule has 0 saturated carbocycles. The number of halogens is 1. The van der Waals surface area contributed by atoms with Gasteiger partial charge in [-0.1, -0.05) is 6.07 Å². The highest BCUT2D eigenvalue weighted by molar-refractivity contribution is 5.50. The summed E-state index contributed by atoms with van der Waals surface area (Å²) in [5, 5.41) is 3.32. The molecule has 3 rings (SSSR count). The van der Waals surface area contributed by atoms with E-state index in [1.165, 1.54) is 6.07 Å². The van der Waals surface area contributed by atoms with Gasteiger partial charge in [-0.25, -0.2) is 4.39 Å². The van der Waals surface area contributed by atoms with Crippen molar-refractivity contribution in [2.24, 2.45) is 0 Å². The Kier molecular flexibility index (Phi) is 2.89. The average Bonchev–Trinajstić information content (AvgIpc) is 2.74. The summed E-state index contributed by atoms with van der Waals surface area (Å²) >= 11 is 0. The van der Waals surface area contributed by atoms with Crippen LogP contribution in [0.4, 0.5) is 4.39 Å². The van der Waals surface area contributed by atoms with Crippen molar-refractivity contribution in [3.05, 3.63) is 23.5 Å². The predicted molar refractivity (Wildman–Crippen MR) is 62.2 cm³/mol. The third-order valence-corrected chi connectivity index (χ3v) is 3.38. The van der Waals surface area contributed by atoms with Crippen molar-refractivity contribution in [1.29, 1.82) is 0 Å². The molecule has 1 aromatic carbocycles. The van der Waals surface area contributed by atoms with Gasteiger partial charge in [0.25, 0.3) is 0 Å². The molecule has 4 heteroatoms. The molecule has 0 amide bonds. The summed E-state index contributed by atoms with van der Waals surface area (Å²) in [4.78, 5) is 0. The van der Waals surface area contributed by atoms with Crippen molar-refractivity contribution in [2.75, 3.05) is 26.3 Å². The maximum Gasteiger partial charge on any atom is 0.197 e. The second-order valence-electron chi connectivity index (χ2n) is 4.54. The zero-order valence-corrected chi connectivity index (χ0v) is 9.67. The maximum atomic E-state index is 13.7. The van der Waals surface area contributed by atoms with Crippen LogP contribution in [0.5, 0.6) is 11.5 Å². The molecular weight excluding hydrogens is 221 g/mol. The molecule has 3 nitrogen and oxygen atoms in total. The van der Waals surface area contributed by atoms with Crippen molar-refractivity contribution < 1.29 is 13.9 Å². The Morgan fingerprint density at radius 3 is 2.76 bits per heavy atom. The van der Waals surface area contributed by atoms with Crippen LogP contribution in [0.2, 0.25) is 0 Å². The summed E-state index contributed by atoms with van der Waals surface area (Å²) in [5.74, 6) is 1.01. The zero-order valence-electron chi connectivity index (χ0n) is 9.67. The summed E-state index contributed by atoms with van der Waals surface area (Å²) in [5.41, 5.74) is 1.08. The average molecular weight is 237 g/mol. The van der Waals surface area contributed by atoms with E-state index < -0.39 is 0 Å². The highest BCUT2D eigenvalue weighted by Gasteiger charge is 2.26. The van der Waals surface area contributed by atoms with Gasteiger partial charge >= 0.3 is 0 Å². The summed E-state index contributed by atoms with van der Waals surface area (Å²) in [6, 6.07) is 3.32. The Morgan fingerprint density at radius 1 is 1.18 bits per heavy atom. The number of benzene rings is 1. The van der Waals surface area contributed by atoms with Crippen LogP contribution in [0, 0.1) is 5.82 Å². The highest BCUT2D eigenvalue weighted by atomic mass is 19.1. The summed E-state index contributed by atoms with van der Waals surface area (Å²) in [6.45, 7) is 3.07. The molecule has 2 heterocycles. The smallest absolute Gasteiger partial charge is 0.197 e. The molecule has 92 valence electrons. The van der Waals surface area contributed by atoms with Gasteiger partial charge in [-0.15, -0.1) is 0 Å². The quantitative estimate of drug-likeness (QED) is 0.811. The third-order valence-electron chi connectivity index (χ3n) is 3.38. The maximum absolute atomic E-state index is 13.7. The van der Waals surface area contributed by atoms with Crippen molar-refractivity contribution in [3.63, 3.8) is 0 Å². The number of nitrogens with one attached hydrogen (secondary N) is 1. The van der Waals surface area contributed by atoms with E-state index in [1.807, 2.05) is 6.07 Å². The van der Waals surface area contributed by atoms with Crippen molar-refractivity contribution in [2.45, 2.75) is 18.8 Å². The fourth-order valence-corrected chi connectivity index (χ4v) is 2.49. The number of hydrogen-bond acceptors (Lipinski definition) is 3. The minimum Gasteiger partial charge on any atom is -0.489 e. The molecule has 0 bridgehead atoms. The second-order valence-corrected chi connectivity index (χ2v) is 4.54. The molecule has 1 saturated heterocycles. The van der Waals surface area contributed by atoms with Crippen molar-refractivity contribution in [1.82, 2.24) is 5.32 Å². The van der Waals surface area contributed by atoms with Crippen LogP contribution in [-0.2, 0) is 0 Å². The summed E-state index contributed by atoms with van der Waals surface area (Å²) in [7, 11) is 0. The van der Waals surface area contributed by atoms with Gasteiger partial charge in [0.15, 0.2) is 17.3 Å². The van der Waals surface area contributed by atoms with Crippen LogP contribution < -0.4 is 14.8 Å². The Bertz CT molecular complexity index is 416. The molecule has 2 aliphatic rings. The number of ether oxygens (including phenoxy) is 2.